The summed E-state index contributed by atoms with van der Waals surface area (Å²) < 4.78 is 10.3. The van der Waals surface area contributed by atoms with Crippen LogP contribution in [-0.2, 0) is 11.3 Å². The number of carboxylic acid groups (broad SMARTS) is 1. The Labute approximate surface area is 139 Å². The molecule has 0 aliphatic rings. The number of furan rings is 1. The minimum absolute atomic E-state index is 0.115. The number of rotatable bonds is 5. The molecular weight excluding hydrogens is 312 g/mol. The summed E-state index contributed by atoms with van der Waals surface area (Å²) in [7, 11) is 0. The van der Waals surface area contributed by atoms with Gasteiger partial charge in [-0.15, -0.1) is 0 Å². The summed E-state index contributed by atoms with van der Waals surface area (Å²) in [6.07, 6.45) is 0.688. The molecule has 0 radical (unpaired) electrons. The van der Waals surface area contributed by atoms with E-state index in [1.807, 2.05) is 0 Å². The van der Waals surface area contributed by atoms with Gasteiger partial charge in [-0.05, 0) is 51.1 Å². The molecule has 24 heavy (non-hydrogen) atoms. The van der Waals surface area contributed by atoms with Gasteiger partial charge in [-0.25, -0.2) is 9.59 Å². The average molecular weight is 332 g/mol. The number of ether oxygens (including phenoxy) is 1. The lowest BCUT2D eigenvalue weighted by Gasteiger charge is -2.19. The van der Waals surface area contributed by atoms with Gasteiger partial charge < -0.3 is 19.6 Å². The Morgan fingerprint density at radius 2 is 1.79 bits per heavy atom. The molecule has 0 saturated heterocycles. The SMILES string of the molecule is CC(C)(C)OC(=O)Nc1ccc(NCc2cc(C(=O)O)co2)cc1. The first-order valence-electron chi connectivity index (χ1n) is 7.37. The second-order valence-electron chi connectivity index (χ2n) is 6.16. The maximum absolute atomic E-state index is 11.7. The van der Waals surface area contributed by atoms with Crippen molar-refractivity contribution in [3.63, 3.8) is 0 Å². The molecule has 2 aromatic rings. The number of carbonyl (C=O) groups excluding carboxylic acids is 1. The number of amides is 1. The molecule has 0 aliphatic carbocycles. The van der Waals surface area contributed by atoms with E-state index >= 15 is 0 Å². The third-order valence-corrected chi connectivity index (χ3v) is 2.90. The van der Waals surface area contributed by atoms with Crippen molar-refractivity contribution >= 4 is 23.4 Å². The molecule has 2 rings (SSSR count). The Balaban J connectivity index is 1.87. The van der Waals surface area contributed by atoms with Gasteiger partial charge in [0.1, 0.15) is 17.6 Å². The van der Waals surface area contributed by atoms with E-state index in [0.29, 0.717) is 18.0 Å². The third-order valence-electron chi connectivity index (χ3n) is 2.90. The first-order chi connectivity index (χ1) is 11.2. The van der Waals surface area contributed by atoms with E-state index < -0.39 is 17.7 Å². The zero-order chi connectivity index (χ0) is 17.7. The van der Waals surface area contributed by atoms with E-state index in [-0.39, 0.29) is 5.56 Å². The number of hydrogen-bond acceptors (Lipinski definition) is 5. The van der Waals surface area contributed by atoms with Crippen LogP contribution in [0.1, 0.15) is 36.9 Å². The van der Waals surface area contributed by atoms with Crippen molar-refractivity contribution in [2.75, 3.05) is 10.6 Å². The number of benzene rings is 1. The second-order valence-corrected chi connectivity index (χ2v) is 6.16. The van der Waals surface area contributed by atoms with Gasteiger partial charge in [-0.3, -0.25) is 5.32 Å². The molecule has 1 aromatic heterocycles. The lowest BCUT2D eigenvalue weighted by atomic mass is 10.2. The second kappa shape index (κ2) is 7.08. The molecule has 0 fully saturated rings. The van der Waals surface area contributed by atoms with E-state index in [9.17, 15) is 9.59 Å². The summed E-state index contributed by atoms with van der Waals surface area (Å²) in [5.41, 5.74) is 0.978. The van der Waals surface area contributed by atoms with Crippen LogP contribution < -0.4 is 10.6 Å². The molecule has 7 nitrogen and oxygen atoms in total. The lowest BCUT2D eigenvalue weighted by molar-refractivity contribution is 0.0634. The van der Waals surface area contributed by atoms with Crippen molar-refractivity contribution in [2.45, 2.75) is 32.9 Å². The predicted octanol–water partition coefficient (Wildman–Crippen LogP) is 3.94. The molecule has 1 amide bonds. The van der Waals surface area contributed by atoms with Gasteiger partial charge in [0.25, 0.3) is 0 Å². The highest BCUT2D eigenvalue weighted by Gasteiger charge is 2.16. The lowest BCUT2D eigenvalue weighted by Crippen LogP contribution is -2.27. The van der Waals surface area contributed by atoms with E-state index in [1.54, 1.807) is 45.0 Å². The number of anilines is 2. The topological polar surface area (TPSA) is 101 Å². The predicted molar refractivity (Wildman–Crippen MR) is 89.3 cm³/mol. The highest BCUT2D eigenvalue weighted by molar-refractivity contribution is 5.87. The van der Waals surface area contributed by atoms with Gasteiger partial charge in [-0.1, -0.05) is 0 Å². The zero-order valence-corrected chi connectivity index (χ0v) is 13.8. The molecule has 128 valence electrons. The third kappa shape index (κ3) is 5.35. The Hall–Kier alpha value is -2.96. The summed E-state index contributed by atoms with van der Waals surface area (Å²) in [6.45, 7) is 5.74. The number of nitrogens with one attached hydrogen (secondary N) is 2. The smallest absolute Gasteiger partial charge is 0.412 e. The van der Waals surface area contributed by atoms with Crippen molar-refractivity contribution in [2.24, 2.45) is 0 Å². The molecule has 0 unspecified atom stereocenters. The van der Waals surface area contributed by atoms with Crippen LogP contribution >= 0.6 is 0 Å². The summed E-state index contributed by atoms with van der Waals surface area (Å²) in [5, 5.41) is 14.6. The van der Waals surface area contributed by atoms with E-state index in [2.05, 4.69) is 10.6 Å². The van der Waals surface area contributed by atoms with E-state index in [0.717, 1.165) is 5.69 Å². The quantitative estimate of drug-likeness (QED) is 0.767. The van der Waals surface area contributed by atoms with Crippen molar-refractivity contribution in [1.82, 2.24) is 0 Å². The summed E-state index contributed by atoms with van der Waals surface area (Å²) in [4.78, 5) is 22.4. The van der Waals surface area contributed by atoms with Crippen molar-refractivity contribution in [3.05, 3.63) is 47.9 Å². The van der Waals surface area contributed by atoms with Gasteiger partial charge in [0.2, 0.25) is 0 Å². The fourth-order valence-electron chi connectivity index (χ4n) is 1.87. The average Bonchev–Trinajstić information content (AvgIpc) is 2.93. The Morgan fingerprint density at radius 3 is 2.33 bits per heavy atom. The highest BCUT2D eigenvalue weighted by atomic mass is 16.6. The monoisotopic (exact) mass is 332 g/mol. The van der Waals surface area contributed by atoms with Gasteiger partial charge >= 0.3 is 12.1 Å². The van der Waals surface area contributed by atoms with Crippen LogP contribution in [0, 0.1) is 0 Å². The standard InChI is InChI=1S/C17H20N2O5/c1-17(2,3)24-16(22)19-13-6-4-12(5-7-13)18-9-14-8-11(10-23-14)15(20)21/h4-8,10,18H,9H2,1-3H3,(H,19,22)(H,20,21). The van der Waals surface area contributed by atoms with Crippen LogP contribution in [0.3, 0.4) is 0 Å². The molecule has 7 heteroatoms. The Morgan fingerprint density at radius 1 is 1.17 bits per heavy atom. The fourth-order valence-corrected chi connectivity index (χ4v) is 1.87. The number of hydrogen-bond donors (Lipinski definition) is 3. The molecule has 0 bridgehead atoms. The fraction of sp³-hybridized carbons (Fsp3) is 0.294. The summed E-state index contributed by atoms with van der Waals surface area (Å²) in [6, 6.07) is 8.50. The van der Waals surface area contributed by atoms with Crippen LogP contribution in [0.25, 0.3) is 0 Å². The molecule has 0 atom stereocenters. The van der Waals surface area contributed by atoms with Crippen molar-refractivity contribution in [1.29, 1.82) is 0 Å². The van der Waals surface area contributed by atoms with Crippen LogP contribution in [0.4, 0.5) is 16.2 Å². The van der Waals surface area contributed by atoms with E-state index in [4.69, 9.17) is 14.3 Å². The maximum Gasteiger partial charge on any atom is 0.412 e. The van der Waals surface area contributed by atoms with Gasteiger partial charge in [0.15, 0.2) is 0 Å². The van der Waals surface area contributed by atoms with Crippen LogP contribution in [0.2, 0.25) is 0 Å². The minimum atomic E-state index is -1.03. The van der Waals surface area contributed by atoms with Crippen LogP contribution in [0.5, 0.6) is 0 Å². The first kappa shape index (κ1) is 17.4. The van der Waals surface area contributed by atoms with Crippen molar-refractivity contribution in [3.8, 4) is 0 Å². The Bertz CT molecular complexity index is 713. The summed E-state index contributed by atoms with van der Waals surface area (Å²) >= 11 is 0. The molecule has 0 spiro atoms. The largest absolute Gasteiger partial charge is 0.478 e. The molecule has 0 saturated carbocycles. The number of carbonyl (C=O) groups is 2. The minimum Gasteiger partial charge on any atom is -0.478 e. The van der Waals surface area contributed by atoms with Gasteiger partial charge in [0, 0.05) is 11.4 Å². The summed E-state index contributed by atoms with van der Waals surface area (Å²) in [5.74, 6) is -0.508. The molecular formula is C17H20N2O5. The molecule has 0 aliphatic heterocycles. The zero-order valence-electron chi connectivity index (χ0n) is 13.8. The maximum atomic E-state index is 11.7. The van der Waals surface area contributed by atoms with Crippen LogP contribution in [-0.4, -0.2) is 22.8 Å². The number of carboxylic acids is 1. The normalized spacial score (nSPS) is 11.0. The highest BCUT2D eigenvalue weighted by Crippen LogP contribution is 2.17. The van der Waals surface area contributed by atoms with Gasteiger partial charge in [0.05, 0.1) is 12.1 Å². The molecule has 1 heterocycles. The van der Waals surface area contributed by atoms with Crippen LogP contribution in [0.15, 0.2) is 41.0 Å². The molecule has 1 aromatic carbocycles. The van der Waals surface area contributed by atoms with Gasteiger partial charge in [-0.2, -0.15) is 0 Å². The first-order valence-corrected chi connectivity index (χ1v) is 7.37. The van der Waals surface area contributed by atoms with Crippen molar-refractivity contribution < 1.29 is 23.8 Å². The Kier molecular flexibility index (Phi) is 5.13. The van der Waals surface area contributed by atoms with E-state index in [1.165, 1.54) is 12.3 Å². The molecule has 3 N–H and O–H groups in total. The number of aromatic carboxylic acids is 1.